The van der Waals surface area contributed by atoms with Gasteiger partial charge in [-0.05, 0) is 19.0 Å². The highest BCUT2D eigenvalue weighted by Gasteiger charge is 2.14. The van der Waals surface area contributed by atoms with Gasteiger partial charge in [0.25, 0.3) is 0 Å². The summed E-state index contributed by atoms with van der Waals surface area (Å²) < 4.78 is 0. The van der Waals surface area contributed by atoms with Crippen LogP contribution in [-0.4, -0.2) is 17.8 Å². The van der Waals surface area contributed by atoms with E-state index in [0.717, 1.165) is 12.1 Å². The van der Waals surface area contributed by atoms with E-state index in [1.54, 1.807) is 6.92 Å². The molecule has 0 amide bonds. The molecule has 72 valence electrons. The molecule has 0 aliphatic rings. The van der Waals surface area contributed by atoms with E-state index in [9.17, 15) is 5.11 Å². The number of aliphatic hydroxyl groups excluding tert-OH is 1. The fourth-order valence-corrected chi connectivity index (χ4v) is 1.45. The summed E-state index contributed by atoms with van der Waals surface area (Å²) in [6.45, 7) is 4.71. The Balaban J connectivity index is 2.76. The molecule has 0 aliphatic carbocycles. The van der Waals surface area contributed by atoms with Crippen LogP contribution in [0.5, 0.6) is 0 Å². The first kappa shape index (κ1) is 10.2. The predicted octanol–water partition coefficient (Wildman–Crippen LogP) is 1.72. The Morgan fingerprint density at radius 3 is 2.38 bits per heavy atom. The van der Waals surface area contributed by atoms with E-state index in [1.807, 2.05) is 37.3 Å². The third-order valence-electron chi connectivity index (χ3n) is 2.07. The third kappa shape index (κ3) is 2.83. The molecular weight excluding hydrogens is 162 g/mol. The molecule has 0 fully saturated rings. The van der Waals surface area contributed by atoms with Crippen molar-refractivity contribution in [1.82, 2.24) is 5.32 Å². The SMILES string of the molecule is CCNC(c1ccccc1)C(C)O. The van der Waals surface area contributed by atoms with E-state index in [4.69, 9.17) is 0 Å². The van der Waals surface area contributed by atoms with Gasteiger partial charge in [0.15, 0.2) is 0 Å². The number of hydrogen-bond acceptors (Lipinski definition) is 2. The van der Waals surface area contributed by atoms with Crippen molar-refractivity contribution in [3.63, 3.8) is 0 Å². The second-order valence-corrected chi connectivity index (χ2v) is 3.19. The first-order chi connectivity index (χ1) is 6.25. The highest BCUT2D eigenvalue weighted by atomic mass is 16.3. The number of likely N-dealkylation sites (N-methyl/N-ethyl adjacent to an activating group) is 1. The zero-order valence-electron chi connectivity index (χ0n) is 8.20. The molecule has 1 rings (SSSR count). The maximum absolute atomic E-state index is 9.53. The van der Waals surface area contributed by atoms with Crippen molar-refractivity contribution < 1.29 is 5.11 Å². The number of benzene rings is 1. The fraction of sp³-hybridized carbons (Fsp3) is 0.455. The van der Waals surface area contributed by atoms with Gasteiger partial charge in [0.2, 0.25) is 0 Å². The normalized spacial score (nSPS) is 15.3. The van der Waals surface area contributed by atoms with Crippen molar-refractivity contribution in [3.8, 4) is 0 Å². The van der Waals surface area contributed by atoms with Crippen LogP contribution in [-0.2, 0) is 0 Å². The molecule has 1 aromatic carbocycles. The highest BCUT2D eigenvalue weighted by molar-refractivity contribution is 5.19. The Morgan fingerprint density at radius 2 is 1.92 bits per heavy atom. The molecule has 0 aliphatic heterocycles. The summed E-state index contributed by atoms with van der Waals surface area (Å²) in [7, 11) is 0. The van der Waals surface area contributed by atoms with Gasteiger partial charge in [-0.25, -0.2) is 0 Å². The molecule has 0 saturated carbocycles. The van der Waals surface area contributed by atoms with Gasteiger partial charge in [-0.3, -0.25) is 0 Å². The molecule has 2 heteroatoms. The van der Waals surface area contributed by atoms with Gasteiger partial charge in [-0.1, -0.05) is 37.3 Å². The topological polar surface area (TPSA) is 32.3 Å². The lowest BCUT2D eigenvalue weighted by atomic mass is 10.0. The quantitative estimate of drug-likeness (QED) is 0.737. The number of hydrogen-bond donors (Lipinski definition) is 2. The van der Waals surface area contributed by atoms with E-state index in [2.05, 4.69) is 5.32 Å². The van der Waals surface area contributed by atoms with Gasteiger partial charge in [0, 0.05) is 0 Å². The van der Waals surface area contributed by atoms with E-state index in [0.29, 0.717) is 0 Å². The number of nitrogens with one attached hydrogen (secondary N) is 1. The monoisotopic (exact) mass is 179 g/mol. The van der Waals surface area contributed by atoms with Crippen molar-refractivity contribution >= 4 is 0 Å². The van der Waals surface area contributed by atoms with Crippen LogP contribution in [0.2, 0.25) is 0 Å². The standard InChI is InChI=1S/C11H17NO/c1-3-12-11(9(2)13)10-7-5-4-6-8-10/h4-9,11-13H,3H2,1-2H3. The Morgan fingerprint density at radius 1 is 1.31 bits per heavy atom. The molecule has 2 unspecified atom stereocenters. The second kappa shape index (κ2) is 5.00. The maximum Gasteiger partial charge on any atom is 0.0706 e. The summed E-state index contributed by atoms with van der Waals surface area (Å²) in [6.07, 6.45) is -0.359. The minimum Gasteiger partial charge on any atom is -0.391 e. The van der Waals surface area contributed by atoms with Crippen molar-refractivity contribution in [2.75, 3.05) is 6.54 Å². The first-order valence-corrected chi connectivity index (χ1v) is 4.72. The zero-order valence-corrected chi connectivity index (χ0v) is 8.20. The second-order valence-electron chi connectivity index (χ2n) is 3.19. The van der Waals surface area contributed by atoms with Gasteiger partial charge >= 0.3 is 0 Å². The summed E-state index contributed by atoms with van der Waals surface area (Å²) in [6, 6.07) is 10.1. The molecule has 0 saturated heterocycles. The van der Waals surface area contributed by atoms with Gasteiger partial charge in [-0.2, -0.15) is 0 Å². The third-order valence-corrected chi connectivity index (χ3v) is 2.07. The molecule has 1 aromatic rings. The lowest BCUT2D eigenvalue weighted by Crippen LogP contribution is -2.29. The summed E-state index contributed by atoms with van der Waals surface area (Å²) in [4.78, 5) is 0. The Labute approximate surface area is 79.6 Å². The fourth-order valence-electron chi connectivity index (χ4n) is 1.45. The minimum atomic E-state index is -0.359. The van der Waals surface area contributed by atoms with Crippen LogP contribution >= 0.6 is 0 Å². The van der Waals surface area contributed by atoms with Crippen molar-refractivity contribution in [3.05, 3.63) is 35.9 Å². The molecule has 2 N–H and O–H groups in total. The highest BCUT2D eigenvalue weighted by Crippen LogP contribution is 2.15. The van der Waals surface area contributed by atoms with Crippen LogP contribution in [0, 0.1) is 0 Å². The lowest BCUT2D eigenvalue weighted by Gasteiger charge is -2.20. The van der Waals surface area contributed by atoms with Crippen molar-refractivity contribution in [1.29, 1.82) is 0 Å². The van der Waals surface area contributed by atoms with E-state index in [-0.39, 0.29) is 12.1 Å². The zero-order chi connectivity index (χ0) is 9.68. The van der Waals surface area contributed by atoms with Crippen LogP contribution < -0.4 is 5.32 Å². The summed E-state index contributed by atoms with van der Waals surface area (Å²) >= 11 is 0. The van der Waals surface area contributed by atoms with Gasteiger partial charge in [0.1, 0.15) is 0 Å². The summed E-state index contributed by atoms with van der Waals surface area (Å²) in [5.41, 5.74) is 1.14. The largest absolute Gasteiger partial charge is 0.391 e. The number of aliphatic hydroxyl groups is 1. The number of rotatable bonds is 4. The Kier molecular flexibility index (Phi) is 3.93. The van der Waals surface area contributed by atoms with Crippen LogP contribution in [0.1, 0.15) is 25.5 Å². The maximum atomic E-state index is 9.53. The van der Waals surface area contributed by atoms with Crippen molar-refractivity contribution in [2.45, 2.75) is 26.0 Å². The summed E-state index contributed by atoms with van der Waals surface area (Å²) in [5.74, 6) is 0. The molecule has 0 aromatic heterocycles. The van der Waals surface area contributed by atoms with Crippen LogP contribution in [0.3, 0.4) is 0 Å². The molecular formula is C11H17NO. The smallest absolute Gasteiger partial charge is 0.0706 e. The predicted molar refractivity (Wildman–Crippen MR) is 54.5 cm³/mol. The van der Waals surface area contributed by atoms with E-state index >= 15 is 0 Å². The van der Waals surface area contributed by atoms with Gasteiger partial charge in [0.05, 0.1) is 12.1 Å². The molecule has 0 bridgehead atoms. The molecule has 2 nitrogen and oxygen atoms in total. The van der Waals surface area contributed by atoms with E-state index < -0.39 is 0 Å². The first-order valence-electron chi connectivity index (χ1n) is 4.72. The van der Waals surface area contributed by atoms with Crippen LogP contribution in [0.15, 0.2) is 30.3 Å². The molecule has 0 spiro atoms. The van der Waals surface area contributed by atoms with Crippen molar-refractivity contribution in [2.24, 2.45) is 0 Å². The lowest BCUT2D eigenvalue weighted by molar-refractivity contribution is 0.146. The molecule has 0 heterocycles. The molecule has 0 radical (unpaired) electrons. The summed E-state index contributed by atoms with van der Waals surface area (Å²) in [5, 5.41) is 12.8. The van der Waals surface area contributed by atoms with Gasteiger partial charge in [-0.15, -0.1) is 0 Å². The molecule has 2 atom stereocenters. The van der Waals surface area contributed by atoms with E-state index in [1.165, 1.54) is 0 Å². The van der Waals surface area contributed by atoms with Crippen LogP contribution in [0.4, 0.5) is 0 Å². The minimum absolute atomic E-state index is 0.0474. The Bertz CT molecular complexity index is 233. The van der Waals surface area contributed by atoms with Gasteiger partial charge < -0.3 is 10.4 Å². The van der Waals surface area contributed by atoms with Crippen LogP contribution in [0.25, 0.3) is 0 Å². The average molecular weight is 179 g/mol. The molecule has 13 heavy (non-hydrogen) atoms. The Hall–Kier alpha value is -0.860. The average Bonchev–Trinajstić information content (AvgIpc) is 2.15.